The molecule has 0 radical (unpaired) electrons. The maximum absolute atomic E-state index is 3.59. The highest BCUT2D eigenvalue weighted by molar-refractivity contribution is 4.98. The molecule has 2 heteroatoms. The molecule has 18 heavy (non-hydrogen) atoms. The summed E-state index contributed by atoms with van der Waals surface area (Å²) in [4.78, 5) is 2.86. The van der Waals surface area contributed by atoms with E-state index in [1.54, 1.807) is 0 Å². The molecular weight excluding hydrogens is 220 g/mol. The van der Waals surface area contributed by atoms with E-state index < -0.39 is 0 Å². The Morgan fingerprint density at radius 2 is 2.11 bits per heavy atom. The summed E-state index contributed by atoms with van der Waals surface area (Å²) < 4.78 is 0. The maximum Gasteiger partial charge on any atom is 0.0137 e. The third-order valence-corrected chi connectivity index (χ3v) is 5.78. The van der Waals surface area contributed by atoms with Crippen LogP contribution in [0.4, 0.5) is 0 Å². The first-order valence-electron chi connectivity index (χ1n) is 8.22. The number of nitrogens with one attached hydrogen (secondary N) is 1. The molecule has 0 aromatic rings. The number of fused-ring (bicyclic) bond motifs is 1. The van der Waals surface area contributed by atoms with Crippen LogP contribution in [0.15, 0.2) is 0 Å². The zero-order chi connectivity index (χ0) is 12.5. The van der Waals surface area contributed by atoms with E-state index in [4.69, 9.17) is 0 Å². The van der Waals surface area contributed by atoms with Crippen molar-refractivity contribution < 1.29 is 0 Å². The van der Waals surface area contributed by atoms with Gasteiger partial charge in [-0.1, -0.05) is 26.7 Å². The van der Waals surface area contributed by atoms with Gasteiger partial charge in [0.1, 0.15) is 0 Å². The van der Waals surface area contributed by atoms with Crippen LogP contribution in [0.5, 0.6) is 0 Å². The third kappa shape index (κ3) is 2.46. The SMILES string of the molecule is CCC1C2CNCC2CN1CC1CCCC(C)C1. The van der Waals surface area contributed by atoms with E-state index in [-0.39, 0.29) is 0 Å². The molecule has 1 aliphatic carbocycles. The fourth-order valence-corrected chi connectivity index (χ4v) is 4.94. The minimum atomic E-state index is 0.877. The maximum atomic E-state index is 3.59. The monoisotopic (exact) mass is 250 g/mol. The zero-order valence-corrected chi connectivity index (χ0v) is 12.2. The fourth-order valence-electron chi connectivity index (χ4n) is 4.94. The molecule has 2 aliphatic heterocycles. The minimum Gasteiger partial charge on any atom is -0.316 e. The van der Waals surface area contributed by atoms with E-state index >= 15 is 0 Å². The molecular formula is C16H30N2. The van der Waals surface area contributed by atoms with E-state index in [9.17, 15) is 0 Å². The molecule has 0 spiro atoms. The molecule has 0 aromatic carbocycles. The van der Waals surface area contributed by atoms with Gasteiger partial charge in [0.15, 0.2) is 0 Å². The van der Waals surface area contributed by atoms with E-state index in [2.05, 4.69) is 24.1 Å². The molecule has 1 saturated carbocycles. The summed E-state index contributed by atoms with van der Waals surface area (Å²) >= 11 is 0. The second kappa shape index (κ2) is 5.50. The van der Waals surface area contributed by atoms with Crippen LogP contribution in [0.25, 0.3) is 0 Å². The van der Waals surface area contributed by atoms with E-state index in [0.29, 0.717) is 0 Å². The van der Waals surface area contributed by atoms with Gasteiger partial charge in [0.25, 0.3) is 0 Å². The lowest BCUT2D eigenvalue weighted by Crippen LogP contribution is -2.39. The van der Waals surface area contributed by atoms with Gasteiger partial charge in [-0.3, -0.25) is 4.90 Å². The Labute approximate surface area is 113 Å². The van der Waals surface area contributed by atoms with E-state index in [1.165, 1.54) is 58.3 Å². The molecule has 2 nitrogen and oxygen atoms in total. The Morgan fingerprint density at radius 3 is 2.89 bits per heavy atom. The van der Waals surface area contributed by atoms with Crippen LogP contribution in [0.2, 0.25) is 0 Å². The molecule has 3 aliphatic rings. The van der Waals surface area contributed by atoms with Crippen molar-refractivity contribution in [2.45, 2.75) is 52.0 Å². The Hall–Kier alpha value is -0.0800. The van der Waals surface area contributed by atoms with Gasteiger partial charge in [-0.15, -0.1) is 0 Å². The first-order valence-corrected chi connectivity index (χ1v) is 8.22. The molecule has 0 aromatic heterocycles. The number of hydrogen-bond donors (Lipinski definition) is 1. The van der Waals surface area contributed by atoms with Crippen molar-refractivity contribution in [1.82, 2.24) is 10.2 Å². The first-order chi connectivity index (χ1) is 8.78. The van der Waals surface area contributed by atoms with Gasteiger partial charge >= 0.3 is 0 Å². The molecule has 1 N–H and O–H groups in total. The van der Waals surface area contributed by atoms with Gasteiger partial charge in [-0.2, -0.15) is 0 Å². The number of likely N-dealkylation sites (tertiary alicyclic amines) is 1. The summed E-state index contributed by atoms with van der Waals surface area (Å²) in [5.41, 5.74) is 0. The average molecular weight is 250 g/mol. The van der Waals surface area contributed by atoms with Gasteiger partial charge in [0.2, 0.25) is 0 Å². The summed E-state index contributed by atoms with van der Waals surface area (Å²) in [6.45, 7) is 10.2. The minimum absolute atomic E-state index is 0.877. The summed E-state index contributed by atoms with van der Waals surface area (Å²) in [6, 6.07) is 0.877. The molecule has 5 atom stereocenters. The molecule has 0 bridgehead atoms. The molecule has 3 fully saturated rings. The quantitative estimate of drug-likeness (QED) is 0.828. The molecule has 0 amide bonds. The highest BCUT2D eigenvalue weighted by atomic mass is 15.2. The van der Waals surface area contributed by atoms with Crippen molar-refractivity contribution in [2.24, 2.45) is 23.7 Å². The molecule has 2 heterocycles. The van der Waals surface area contributed by atoms with Gasteiger partial charge in [-0.25, -0.2) is 0 Å². The smallest absolute Gasteiger partial charge is 0.0137 e. The van der Waals surface area contributed by atoms with Crippen molar-refractivity contribution >= 4 is 0 Å². The van der Waals surface area contributed by atoms with Gasteiger partial charge in [-0.05, 0) is 56.0 Å². The molecule has 2 saturated heterocycles. The molecule has 3 rings (SSSR count). The fraction of sp³-hybridized carbons (Fsp3) is 1.00. The molecule has 104 valence electrons. The summed E-state index contributed by atoms with van der Waals surface area (Å²) in [5, 5.41) is 3.59. The van der Waals surface area contributed by atoms with Crippen molar-refractivity contribution in [1.29, 1.82) is 0 Å². The lowest BCUT2D eigenvalue weighted by atomic mass is 9.82. The summed E-state index contributed by atoms with van der Waals surface area (Å²) in [5.74, 6) is 3.88. The Balaban J connectivity index is 1.58. The van der Waals surface area contributed by atoms with Crippen LogP contribution < -0.4 is 5.32 Å². The van der Waals surface area contributed by atoms with Crippen molar-refractivity contribution in [3.05, 3.63) is 0 Å². The van der Waals surface area contributed by atoms with Crippen LogP contribution in [-0.2, 0) is 0 Å². The standard InChI is InChI=1S/C16H30N2/c1-3-16-15-9-17-8-14(15)11-18(16)10-13-6-4-5-12(2)7-13/h12-17H,3-11H2,1-2H3. The third-order valence-electron chi connectivity index (χ3n) is 5.78. The topological polar surface area (TPSA) is 15.3 Å². The normalized spacial score (nSPS) is 45.3. The van der Waals surface area contributed by atoms with Crippen LogP contribution in [-0.4, -0.2) is 37.1 Å². The first kappa shape index (κ1) is 12.9. The van der Waals surface area contributed by atoms with Crippen LogP contribution in [0.3, 0.4) is 0 Å². The number of nitrogens with zero attached hydrogens (tertiary/aromatic N) is 1. The van der Waals surface area contributed by atoms with Gasteiger partial charge < -0.3 is 5.32 Å². The Morgan fingerprint density at radius 1 is 1.22 bits per heavy atom. The van der Waals surface area contributed by atoms with Crippen molar-refractivity contribution in [2.75, 3.05) is 26.2 Å². The van der Waals surface area contributed by atoms with Gasteiger partial charge in [0, 0.05) is 19.1 Å². The highest BCUT2D eigenvalue weighted by Crippen LogP contribution is 2.37. The molecule has 5 unspecified atom stereocenters. The number of hydrogen-bond acceptors (Lipinski definition) is 2. The summed E-state index contributed by atoms with van der Waals surface area (Å²) in [6.07, 6.45) is 7.28. The van der Waals surface area contributed by atoms with E-state index in [1.807, 2.05) is 0 Å². The Bertz CT molecular complexity index is 278. The Kier molecular flexibility index (Phi) is 3.95. The van der Waals surface area contributed by atoms with Crippen LogP contribution in [0, 0.1) is 23.7 Å². The van der Waals surface area contributed by atoms with E-state index in [0.717, 1.165) is 29.7 Å². The van der Waals surface area contributed by atoms with Gasteiger partial charge in [0.05, 0.1) is 0 Å². The number of rotatable bonds is 3. The zero-order valence-electron chi connectivity index (χ0n) is 12.2. The average Bonchev–Trinajstić information content (AvgIpc) is 2.89. The van der Waals surface area contributed by atoms with Crippen molar-refractivity contribution in [3.8, 4) is 0 Å². The lowest BCUT2D eigenvalue weighted by molar-refractivity contribution is 0.152. The highest BCUT2D eigenvalue weighted by Gasteiger charge is 2.43. The predicted molar refractivity (Wildman–Crippen MR) is 76.6 cm³/mol. The summed E-state index contributed by atoms with van der Waals surface area (Å²) in [7, 11) is 0. The second-order valence-corrected chi connectivity index (χ2v) is 7.15. The van der Waals surface area contributed by atoms with Crippen LogP contribution in [0.1, 0.15) is 46.0 Å². The lowest BCUT2D eigenvalue weighted by Gasteiger charge is -2.34. The van der Waals surface area contributed by atoms with Crippen molar-refractivity contribution in [3.63, 3.8) is 0 Å². The largest absolute Gasteiger partial charge is 0.316 e. The predicted octanol–water partition coefficient (Wildman–Crippen LogP) is 2.74. The second-order valence-electron chi connectivity index (χ2n) is 7.15. The van der Waals surface area contributed by atoms with Crippen LogP contribution >= 0.6 is 0 Å².